The van der Waals surface area contributed by atoms with Gasteiger partial charge in [0.15, 0.2) is 9.84 Å². The molecule has 0 fully saturated rings. The van der Waals surface area contributed by atoms with Gasteiger partial charge in [-0.15, -0.1) is 0 Å². The topological polar surface area (TPSA) is 97.7 Å². The van der Waals surface area contributed by atoms with Crippen LogP contribution in [0.4, 0.5) is 0 Å². The molecule has 1 rings (SSSR count). The summed E-state index contributed by atoms with van der Waals surface area (Å²) >= 11 is 0. The lowest BCUT2D eigenvalue weighted by Gasteiger charge is -2.02. The normalized spacial score (nSPS) is 12.4. The molecule has 0 amide bonds. The SMILES string of the molecule is CS(=O)(=O)c1ccc(OS(=O)(=O)O)cc1. The lowest BCUT2D eigenvalue weighted by Crippen LogP contribution is -2.06. The van der Waals surface area contributed by atoms with Gasteiger partial charge in [0, 0.05) is 6.26 Å². The van der Waals surface area contributed by atoms with E-state index in [1.54, 1.807) is 0 Å². The Labute approximate surface area is 87.4 Å². The monoisotopic (exact) mass is 252 g/mol. The van der Waals surface area contributed by atoms with Crippen molar-refractivity contribution in [2.45, 2.75) is 4.90 Å². The van der Waals surface area contributed by atoms with Crippen molar-refractivity contribution in [2.24, 2.45) is 0 Å². The van der Waals surface area contributed by atoms with E-state index in [0.717, 1.165) is 18.4 Å². The summed E-state index contributed by atoms with van der Waals surface area (Å²) < 4.78 is 55.1. The zero-order valence-electron chi connectivity index (χ0n) is 7.61. The molecule has 6 nitrogen and oxygen atoms in total. The fourth-order valence-corrected chi connectivity index (χ4v) is 1.85. The molecule has 0 radical (unpaired) electrons. The number of benzene rings is 1. The van der Waals surface area contributed by atoms with Crippen LogP contribution in [-0.2, 0) is 20.2 Å². The van der Waals surface area contributed by atoms with E-state index >= 15 is 0 Å². The number of sulfone groups is 1. The zero-order valence-corrected chi connectivity index (χ0v) is 9.25. The fourth-order valence-electron chi connectivity index (χ4n) is 0.864. The Hall–Kier alpha value is -1.12. The molecule has 0 aromatic heterocycles. The highest BCUT2D eigenvalue weighted by molar-refractivity contribution is 7.90. The molecule has 15 heavy (non-hydrogen) atoms. The third-order valence-corrected chi connectivity index (χ3v) is 2.98. The lowest BCUT2D eigenvalue weighted by atomic mass is 10.3. The van der Waals surface area contributed by atoms with E-state index < -0.39 is 20.2 Å². The molecule has 84 valence electrons. The summed E-state index contributed by atoms with van der Waals surface area (Å²) in [7, 11) is -7.91. The van der Waals surface area contributed by atoms with E-state index in [-0.39, 0.29) is 10.6 Å². The standard InChI is InChI=1S/C7H8O6S2/c1-14(8,9)7-4-2-6(3-5-7)13-15(10,11)12/h2-5H,1H3,(H,10,11,12). The van der Waals surface area contributed by atoms with Crippen LogP contribution < -0.4 is 4.18 Å². The van der Waals surface area contributed by atoms with Gasteiger partial charge < -0.3 is 4.18 Å². The molecule has 1 aromatic rings. The van der Waals surface area contributed by atoms with E-state index in [1.165, 1.54) is 12.1 Å². The molecule has 0 bridgehead atoms. The Morgan fingerprint density at radius 3 is 1.87 bits per heavy atom. The predicted molar refractivity (Wildman–Crippen MR) is 51.7 cm³/mol. The van der Waals surface area contributed by atoms with E-state index in [0.29, 0.717) is 0 Å². The average molecular weight is 252 g/mol. The number of rotatable bonds is 3. The fraction of sp³-hybridized carbons (Fsp3) is 0.143. The van der Waals surface area contributed by atoms with Crippen molar-refractivity contribution in [3.8, 4) is 5.75 Å². The predicted octanol–water partition coefficient (Wildman–Crippen LogP) is 0.272. The van der Waals surface area contributed by atoms with Gasteiger partial charge in [-0.05, 0) is 24.3 Å². The van der Waals surface area contributed by atoms with Gasteiger partial charge in [-0.1, -0.05) is 0 Å². The third kappa shape index (κ3) is 3.86. The molecule has 0 unspecified atom stereocenters. The van der Waals surface area contributed by atoms with Crippen molar-refractivity contribution in [2.75, 3.05) is 6.26 Å². The van der Waals surface area contributed by atoms with Gasteiger partial charge in [-0.3, -0.25) is 4.55 Å². The summed E-state index contributed by atoms with van der Waals surface area (Å²) in [6.45, 7) is 0. The average Bonchev–Trinajstić information content (AvgIpc) is 2.00. The Kier molecular flexibility index (Phi) is 3.03. The van der Waals surface area contributed by atoms with Gasteiger partial charge in [-0.25, -0.2) is 8.42 Å². The number of hydrogen-bond donors (Lipinski definition) is 1. The molecular formula is C7H8O6S2. The molecule has 0 spiro atoms. The van der Waals surface area contributed by atoms with Crippen LogP contribution in [0, 0.1) is 0 Å². The summed E-state index contributed by atoms with van der Waals surface area (Å²) in [5.41, 5.74) is 0. The molecule has 1 N–H and O–H groups in total. The largest absolute Gasteiger partial charge is 0.446 e. The molecule has 0 atom stereocenters. The minimum absolute atomic E-state index is 0.0326. The van der Waals surface area contributed by atoms with Crippen molar-refractivity contribution >= 4 is 20.2 Å². The summed E-state index contributed by atoms with van der Waals surface area (Å²) in [5, 5.41) is 0. The molecule has 8 heteroatoms. The maximum Gasteiger partial charge on any atom is 0.446 e. The van der Waals surface area contributed by atoms with Gasteiger partial charge in [0.05, 0.1) is 4.90 Å². The van der Waals surface area contributed by atoms with Crippen molar-refractivity contribution in [1.29, 1.82) is 0 Å². The van der Waals surface area contributed by atoms with Gasteiger partial charge in [0.2, 0.25) is 0 Å². The smallest absolute Gasteiger partial charge is 0.362 e. The van der Waals surface area contributed by atoms with Crippen molar-refractivity contribution in [3.05, 3.63) is 24.3 Å². The first-order chi connectivity index (χ1) is 6.68. The summed E-state index contributed by atoms with van der Waals surface area (Å²) in [6, 6.07) is 4.61. The van der Waals surface area contributed by atoms with Crippen LogP contribution >= 0.6 is 0 Å². The van der Waals surface area contributed by atoms with Gasteiger partial charge >= 0.3 is 10.4 Å². The molecule has 0 saturated carbocycles. The van der Waals surface area contributed by atoms with Crippen LogP contribution in [0.2, 0.25) is 0 Å². The molecule has 0 heterocycles. The maximum atomic E-state index is 11.0. The zero-order chi connectivity index (χ0) is 11.7. The lowest BCUT2D eigenvalue weighted by molar-refractivity contribution is 0.386. The van der Waals surface area contributed by atoms with Crippen LogP contribution in [0.15, 0.2) is 29.2 Å². The van der Waals surface area contributed by atoms with Crippen molar-refractivity contribution in [3.63, 3.8) is 0 Å². The third-order valence-electron chi connectivity index (χ3n) is 1.45. The molecule has 0 aliphatic heterocycles. The number of hydrogen-bond acceptors (Lipinski definition) is 5. The quantitative estimate of drug-likeness (QED) is 0.775. The van der Waals surface area contributed by atoms with E-state index in [1.807, 2.05) is 0 Å². The molecule has 0 aliphatic rings. The summed E-state index contributed by atoms with van der Waals surface area (Å²) in [5.74, 6) is -0.162. The van der Waals surface area contributed by atoms with Crippen molar-refractivity contribution in [1.82, 2.24) is 0 Å². The van der Waals surface area contributed by atoms with Gasteiger partial charge in [0.1, 0.15) is 5.75 Å². The second-order valence-electron chi connectivity index (χ2n) is 2.75. The second-order valence-corrected chi connectivity index (χ2v) is 5.79. The maximum absolute atomic E-state index is 11.0. The summed E-state index contributed by atoms with van der Waals surface area (Å²) in [4.78, 5) is 0.0326. The van der Waals surface area contributed by atoms with Crippen LogP contribution in [0.1, 0.15) is 0 Å². The van der Waals surface area contributed by atoms with Crippen molar-refractivity contribution < 1.29 is 25.6 Å². The van der Waals surface area contributed by atoms with Gasteiger partial charge in [0.25, 0.3) is 0 Å². The van der Waals surface area contributed by atoms with Gasteiger partial charge in [-0.2, -0.15) is 8.42 Å². The molecule has 1 aromatic carbocycles. The van der Waals surface area contributed by atoms with Crippen LogP contribution in [0.3, 0.4) is 0 Å². The van der Waals surface area contributed by atoms with Crippen LogP contribution in [-0.4, -0.2) is 27.6 Å². The summed E-state index contributed by atoms with van der Waals surface area (Å²) in [6.07, 6.45) is 1.02. The highest BCUT2D eigenvalue weighted by Crippen LogP contribution is 2.16. The van der Waals surface area contributed by atoms with E-state index in [2.05, 4.69) is 4.18 Å². The Morgan fingerprint density at radius 1 is 1.07 bits per heavy atom. The van der Waals surface area contributed by atoms with E-state index in [9.17, 15) is 16.8 Å². The van der Waals surface area contributed by atoms with Crippen LogP contribution in [0.5, 0.6) is 5.75 Å². The Balaban J connectivity index is 3.02. The Morgan fingerprint density at radius 2 is 1.53 bits per heavy atom. The first-order valence-electron chi connectivity index (χ1n) is 3.65. The highest BCUT2D eigenvalue weighted by Gasteiger charge is 2.09. The Bertz CT molecular complexity index is 540. The first-order valence-corrected chi connectivity index (χ1v) is 6.91. The molecular weight excluding hydrogens is 244 g/mol. The van der Waals surface area contributed by atoms with E-state index in [4.69, 9.17) is 4.55 Å². The molecule has 0 saturated heterocycles. The first kappa shape index (κ1) is 12.0. The van der Waals surface area contributed by atoms with Crippen LogP contribution in [0.25, 0.3) is 0 Å². The minimum Gasteiger partial charge on any atom is -0.362 e. The minimum atomic E-state index is -4.57. The molecule has 0 aliphatic carbocycles. The second kappa shape index (κ2) is 3.80. The highest BCUT2D eigenvalue weighted by atomic mass is 32.3.